The fourth-order valence-electron chi connectivity index (χ4n) is 3.11. The van der Waals surface area contributed by atoms with Crippen LogP contribution in [0.3, 0.4) is 0 Å². The molecule has 124 valence electrons. The average molecular weight is 324 g/mol. The van der Waals surface area contributed by atoms with Crippen LogP contribution in [0, 0.1) is 5.92 Å². The van der Waals surface area contributed by atoms with Gasteiger partial charge < -0.3 is 15.0 Å². The molecule has 0 atom stereocenters. The SMILES string of the molecule is O=C(Nc1cnn(CC2CCOCC2)c1)c1ccc2cc[nH]c2c1. The molecule has 0 radical (unpaired) electrons. The molecule has 0 saturated carbocycles. The summed E-state index contributed by atoms with van der Waals surface area (Å²) in [5.41, 5.74) is 2.30. The molecule has 1 aliphatic rings. The van der Waals surface area contributed by atoms with E-state index < -0.39 is 0 Å². The van der Waals surface area contributed by atoms with Crippen LogP contribution in [0.25, 0.3) is 10.9 Å². The quantitative estimate of drug-likeness (QED) is 0.775. The van der Waals surface area contributed by atoms with Crippen molar-refractivity contribution in [2.24, 2.45) is 5.92 Å². The molecule has 1 saturated heterocycles. The summed E-state index contributed by atoms with van der Waals surface area (Å²) >= 11 is 0. The Labute approximate surface area is 139 Å². The van der Waals surface area contributed by atoms with Crippen LogP contribution in [0.2, 0.25) is 0 Å². The Balaban J connectivity index is 1.41. The monoisotopic (exact) mass is 324 g/mol. The molecule has 0 unspecified atom stereocenters. The summed E-state index contributed by atoms with van der Waals surface area (Å²) < 4.78 is 7.28. The standard InChI is InChI=1S/C18H20N4O2/c23-18(15-2-1-14-3-6-19-17(14)9-15)21-16-10-20-22(12-16)11-13-4-7-24-8-5-13/h1-3,6,9-10,12-13,19H,4-5,7-8,11H2,(H,21,23). The molecule has 1 fully saturated rings. The minimum atomic E-state index is -0.128. The highest BCUT2D eigenvalue weighted by Gasteiger charge is 2.15. The maximum Gasteiger partial charge on any atom is 0.255 e. The molecule has 6 heteroatoms. The van der Waals surface area contributed by atoms with Crippen LogP contribution in [0.1, 0.15) is 23.2 Å². The second-order valence-electron chi connectivity index (χ2n) is 6.24. The number of carbonyl (C=O) groups is 1. The van der Waals surface area contributed by atoms with Crippen molar-refractivity contribution in [3.05, 3.63) is 48.4 Å². The van der Waals surface area contributed by atoms with Crippen molar-refractivity contribution in [3.63, 3.8) is 0 Å². The summed E-state index contributed by atoms with van der Waals surface area (Å²) in [5.74, 6) is 0.467. The van der Waals surface area contributed by atoms with E-state index in [9.17, 15) is 4.79 Å². The minimum Gasteiger partial charge on any atom is -0.381 e. The van der Waals surface area contributed by atoms with E-state index in [1.807, 2.05) is 41.3 Å². The van der Waals surface area contributed by atoms with Gasteiger partial charge >= 0.3 is 0 Å². The van der Waals surface area contributed by atoms with E-state index in [4.69, 9.17) is 4.74 Å². The molecule has 1 aromatic carbocycles. The van der Waals surface area contributed by atoms with Crippen LogP contribution in [-0.2, 0) is 11.3 Å². The first-order valence-electron chi connectivity index (χ1n) is 8.26. The van der Waals surface area contributed by atoms with E-state index in [-0.39, 0.29) is 5.91 Å². The summed E-state index contributed by atoms with van der Waals surface area (Å²) in [6.45, 7) is 2.53. The lowest BCUT2D eigenvalue weighted by Crippen LogP contribution is -2.20. The van der Waals surface area contributed by atoms with Crippen LogP contribution in [0.15, 0.2) is 42.9 Å². The van der Waals surface area contributed by atoms with E-state index in [0.717, 1.165) is 49.2 Å². The smallest absolute Gasteiger partial charge is 0.255 e. The summed E-state index contributed by atoms with van der Waals surface area (Å²) in [6, 6.07) is 7.61. The van der Waals surface area contributed by atoms with Gasteiger partial charge in [0.25, 0.3) is 5.91 Å². The van der Waals surface area contributed by atoms with Gasteiger partial charge in [0.2, 0.25) is 0 Å². The molecule has 4 rings (SSSR count). The molecular weight excluding hydrogens is 304 g/mol. The topological polar surface area (TPSA) is 71.9 Å². The molecule has 0 spiro atoms. The number of nitrogens with zero attached hydrogens (tertiary/aromatic N) is 2. The summed E-state index contributed by atoms with van der Waals surface area (Å²) in [4.78, 5) is 15.5. The molecule has 2 aromatic heterocycles. The Morgan fingerprint density at radius 2 is 2.21 bits per heavy atom. The zero-order valence-electron chi connectivity index (χ0n) is 13.4. The predicted octanol–water partition coefficient (Wildman–Crippen LogP) is 3.04. The number of anilines is 1. The number of aromatic nitrogens is 3. The molecule has 6 nitrogen and oxygen atoms in total. The number of aromatic amines is 1. The summed E-state index contributed by atoms with van der Waals surface area (Å²) in [7, 11) is 0. The maximum atomic E-state index is 12.4. The van der Waals surface area contributed by atoms with Gasteiger partial charge in [0.05, 0.1) is 11.9 Å². The van der Waals surface area contributed by atoms with E-state index in [0.29, 0.717) is 11.5 Å². The Bertz CT molecular complexity index is 845. The number of hydrogen-bond donors (Lipinski definition) is 2. The van der Waals surface area contributed by atoms with Crippen LogP contribution in [0.5, 0.6) is 0 Å². The van der Waals surface area contributed by atoms with Gasteiger partial charge in [-0.3, -0.25) is 9.48 Å². The fraction of sp³-hybridized carbons (Fsp3) is 0.333. The Kier molecular flexibility index (Phi) is 4.04. The van der Waals surface area contributed by atoms with Gasteiger partial charge in [0.15, 0.2) is 0 Å². The predicted molar refractivity (Wildman–Crippen MR) is 92.0 cm³/mol. The van der Waals surface area contributed by atoms with Crippen molar-refractivity contribution in [2.75, 3.05) is 18.5 Å². The van der Waals surface area contributed by atoms with E-state index in [2.05, 4.69) is 15.4 Å². The number of rotatable bonds is 4. The number of nitrogens with one attached hydrogen (secondary N) is 2. The number of carbonyl (C=O) groups excluding carboxylic acids is 1. The minimum absolute atomic E-state index is 0.128. The summed E-state index contributed by atoms with van der Waals surface area (Å²) in [6.07, 6.45) is 7.59. The molecule has 24 heavy (non-hydrogen) atoms. The van der Waals surface area contributed by atoms with E-state index in [1.165, 1.54) is 0 Å². The molecular formula is C18H20N4O2. The van der Waals surface area contributed by atoms with Crippen LogP contribution < -0.4 is 5.32 Å². The third kappa shape index (κ3) is 3.19. The van der Waals surface area contributed by atoms with Gasteiger partial charge in [0, 0.05) is 43.2 Å². The van der Waals surface area contributed by atoms with E-state index >= 15 is 0 Å². The molecule has 1 amide bonds. The average Bonchev–Trinajstić information content (AvgIpc) is 3.24. The van der Waals surface area contributed by atoms with Crippen molar-refractivity contribution in [2.45, 2.75) is 19.4 Å². The van der Waals surface area contributed by atoms with Gasteiger partial charge in [-0.05, 0) is 42.3 Å². The molecule has 1 aliphatic heterocycles. The molecule has 0 bridgehead atoms. The number of H-pyrrole nitrogens is 1. The highest BCUT2D eigenvalue weighted by molar-refractivity contribution is 6.06. The normalized spacial score (nSPS) is 15.7. The number of hydrogen-bond acceptors (Lipinski definition) is 3. The largest absolute Gasteiger partial charge is 0.381 e. The maximum absolute atomic E-state index is 12.4. The summed E-state index contributed by atoms with van der Waals surface area (Å²) in [5, 5.41) is 8.36. The van der Waals surface area contributed by atoms with Gasteiger partial charge in [0.1, 0.15) is 0 Å². The third-order valence-electron chi connectivity index (χ3n) is 4.49. The lowest BCUT2D eigenvalue weighted by molar-refractivity contribution is 0.0601. The van der Waals surface area contributed by atoms with Crippen molar-refractivity contribution in [3.8, 4) is 0 Å². The zero-order valence-corrected chi connectivity index (χ0v) is 13.4. The molecule has 2 N–H and O–H groups in total. The van der Waals surface area contributed by atoms with Crippen LogP contribution in [0.4, 0.5) is 5.69 Å². The third-order valence-corrected chi connectivity index (χ3v) is 4.49. The Morgan fingerprint density at radius 1 is 1.33 bits per heavy atom. The van der Waals surface area contributed by atoms with Gasteiger partial charge in [-0.2, -0.15) is 5.10 Å². The first kappa shape index (κ1) is 15.0. The highest BCUT2D eigenvalue weighted by Crippen LogP contribution is 2.18. The number of benzene rings is 1. The van der Waals surface area contributed by atoms with E-state index in [1.54, 1.807) is 6.20 Å². The first-order chi connectivity index (χ1) is 11.8. The second-order valence-corrected chi connectivity index (χ2v) is 6.24. The first-order valence-corrected chi connectivity index (χ1v) is 8.26. The van der Waals surface area contributed by atoms with Crippen molar-refractivity contribution >= 4 is 22.5 Å². The van der Waals surface area contributed by atoms with Gasteiger partial charge in [-0.15, -0.1) is 0 Å². The van der Waals surface area contributed by atoms with Crippen molar-refractivity contribution in [1.82, 2.24) is 14.8 Å². The Hall–Kier alpha value is -2.60. The highest BCUT2D eigenvalue weighted by atomic mass is 16.5. The lowest BCUT2D eigenvalue weighted by atomic mass is 10.0. The molecule has 3 heterocycles. The molecule has 0 aliphatic carbocycles. The van der Waals surface area contributed by atoms with Gasteiger partial charge in [-0.1, -0.05) is 6.07 Å². The van der Waals surface area contributed by atoms with Gasteiger partial charge in [-0.25, -0.2) is 0 Å². The number of fused-ring (bicyclic) bond motifs is 1. The van der Waals surface area contributed by atoms with Crippen LogP contribution >= 0.6 is 0 Å². The van der Waals surface area contributed by atoms with Crippen molar-refractivity contribution in [1.29, 1.82) is 0 Å². The number of amides is 1. The van der Waals surface area contributed by atoms with Crippen molar-refractivity contribution < 1.29 is 9.53 Å². The van der Waals surface area contributed by atoms with Crippen LogP contribution in [-0.4, -0.2) is 33.9 Å². The number of ether oxygens (including phenoxy) is 1. The zero-order chi connectivity index (χ0) is 16.4. The fourth-order valence-corrected chi connectivity index (χ4v) is 3.11. The lowest BCUT2D eigenvalue weighted by Gasteiger charge is -2.21. The Morgan fingerprint density at radius 3 is 3.08 bits per heavy atom. The second kappa shape index (κ2) is 6.49. The molecule has 3 aromatic rings.